The Kier molecular flexibility index (Phi) is 3.13. The zero-order chi connectivity index (χ0) is 12.5. The Labute approximate surface area is 117 Å². The Morgan fingerprint density at radius 1 is 1.00 bits per heavy atom. The standard InChI is InChI=1S/C16H16BrN/c1-2-18-15-6-4-3-5-12(15)7-8-13-11-14(17)9-10-16(13)18/h3-6,9-11H,2,7-8H2,1H3. The third-order valence-corrected chi connectivity index (χ3v) is 4.09. The van der Waals surface area contributed by atoms with Gasteiger partial charge in [0.2, 0.25) is 0 Å². The second-order valence-electron chi connectivity index (χ2n) is 4.65. The highest BCUT2D eigenvalue weighted by Crippen LogP contribution is 2.36. The molecule has 3 rings (SSSR count). The molecule has 0 N–H and O–H groups in total. The van der Waals surface area contributed by atoms with Crippen LogP contribution < -0.4 is 4.90 Å². The van der Waals surface area contributed by atoms with E-state index < -0.39 is 0 Å². The number of hydrogen-bond acceptors (Lipinski definition) is 1. The smallest absolute Gasteiger partial charge is 0.0444 e. The number of hydrogen-bond donors (Lipinski definition) is 0. The van der Waals surface area contributed by atoms with Gasteiger partial charge in [0, 0.05) is 22.4 Å². The summed E-state index contributed by atoms with van der Waals surface area (Å²) >= 11 is 3.57. The normalized spacial score (nSPS) is 13.8. The quantitative estimate of drug-likeness (QED) is 0.737. The van der Waals surface area contributed by atoms with Crippen LogP contribution in [0.3, 0.4) is 0 Å². The molecule has 92 valence electrons. The maximum atomic E-state index is 3.57. The summed E-state index contributed by atoms with van der Waals surface area (Å²) in [6, 6.07) is 15.4. The lowest BCUT2D eigenvalue weighted by atomic mass is 10.0. The summed E-state index contributed by atoms with van der Waals surface area (Å²) in [7, 11) is 0. The fraction of sp³-hybridized carbons (Fsp3) is 0.250. The van der Waals surface area contributed by atoms with Gasteiger partial charge >= 0.3 is 0 Å². The number of benzene rings is 2. The number of anilines is 2. The van der Waals surface area contributed by atoms with Gasteiger partial charge in [-0.05, 0) is 55.2 Å². The van der Waals surface area contributed by atoms with Crippen LogP contribution in [0.1, 0.15) is 18.1 Å². The minimum absolute atomic E-state index is 1.01. The van der Waals surface area contributed by atoms with Crippen molar-refractivity contribution in [2.45, 2.75) is 19.8 Å². The van der Waals surface area contributed by atoms with Crippen molar-refractivity contribution in [3.8, 4) is 0 Å². The monoisotopic (exact) mass is 301 g/mol. The molecule has 0 aliphatic carbocycles. The number of aryl methyl sites for hydroxylation is 2. The van der Waals surface area contributed by atoms with Gasteiger partial charge in [-0.15, -0.1) is 0 Å². The largest absolute Gasteiger partial charge is 0.341 e. The van der Waals surface area contributed by atoms with Crippen LogP contribution in [0.5, 0.6) is 0 Å². The van der Waals surface area contributed by atoms with E-state index in [0.717, 1.165) is 19.4 Å². The molecule has 2 heteroatoms. The van der Waals surface area contributed by atoms with E-state index >= 15 is 0 Å². The van der Waals surface area contributed by atoms with Gasteiger partial charge in [0.25, 0.3) is 0 Å². The molecule has 0 fully saturated rings. The molecule has 2 aromatic carbocycles. The summed E-state index contributed by atoms with van der Waals surface area (Å²) in [6.07, 6.45) is 2.23. The number of halogens is 1. The van der Waals surface area contributed by atoms with Crippen molar-refractivity contribution < 1.29 is 0 Å². The lowest BCUT2D eigenvalue weighted by Gasteiger charge is -2.25. The van der Waals surface area contributed by atoms with Crippen molar-refractivity contribution >= 4 is 27.3 Å². The molecule has 0 aromatic heterocycles. The molecular formula is C16H16BrN. The first-order valence-electron chi connectivity index (χ1n) is 6.43. The summed E-state index contributed by atoms with van der Waals surface area (Å²) in [5.41, 5.74) is 5.60. The second kappa shape index (κ2) is 4.77. The number of rotatable bonds is 1. The van der Waals surface area contributed by atoms with E-state index in [1.54, 1.807) is 0 Å². The molecule has 1 aliphatic rings. The average Bonchev–Trinajstić information content (AvgIpc) is 2.55. The van der Waals surface area contributed by atoms with Crippen molar-refractivity contribution in [3.63, 3.8) is 0 Å². The molecule has 0 saturated heterocycles. The van der Waals surface area contributed by atoms with Crippen molar-refractivity contribution in [2.24, 2.45) is 0 Å². The lowest BCUT2D eigenvalue weighted by Crippen LogP contribution is -2.17. The van der Waals surface area contributed by atoms with Crippen LogP contribution in [0.2, 0.25) is 0 Å². The van der Waals surface area contributed by atoms with Crippen molar-refractivity contribution in [1.29, 1.82) is 0 Å². The molecule has 2 aromatic rings. The fourth-order valence-corrected chi connectivity index (χ4v) is 3.15. The van der Waals surface area contributed by atoms with E-state index in [9.17, 15) is 0 Å². The molecular weight excluding hydrogens is 286 g/mol. The van der Waals surface area contributed by atoms with E-state index in [1.807, 2.05) is 0 Å². The SMILES string of the molecule is CCN1c2ccccc2CCc2cc(Br)ccc21. The van der Waals surface area contributed by atoms with Gasteiger partial charge < -0.3 is 4.90 Å². The average molecular weight is 302 g/mol. The summed E-state index contributed by atoms with van der Waals surface area (Å²) < 4.78 is 1.17. The minimum Gasteiger partial charge on any atom is -0.341 e. The molecule has 1 aliphatic heterocycles. The van der Waals surface area contributed by atoms with E-state index in [0.29, 0.717) is 0 Å². The van der Waals surface area contributed by atoms with Crippen LogP contribution in [0.25, 0.3) is 0 Å². The summed E-state index contributed by atoms with van der Waals surface area (Å²) in [5.74, 6) is 0. The lowest BCUT2D eigenvalue weighted by molar-refractivity contribution is 0.976. The molecule has 0 radical (unpaired) electrons. The molecule has 0 spiro atoms. The zero-order valence-electron chi connectivity index (χ0n) is 10.5. The van der Waals surface area contributed by atoms with Crippen molar-refractivity contribution in [1.82, 2.24) is 0 Å². The van der Waals surface area contributed by atoms with Gasteiger partial charge in [0.1, 0.15) is 0 Å². The van der Waals surface area contributed by atoms with Crippen LogP contribution in [0, 0.1) is 0 Å². The predicted molar refractivity (Wildman–Crippen MR) is 80.7 cm³/mol. The number of fused-ring (bicyclic) bond motifs is 2. The predicted octanol–water partition coefficient (Wildman–Crippen LogP) is 4.71. The topological polar surface area (TPSA) is 3.24 Å². The molecule has 0 bridgehead atoms. The number of nitrogens with zero attached hydrogens (tertiary/aromatic N) is 1. The Balaban J connectivity index is 2.18. The van der Waals surface area contributed by atoms with Gasteiger partial charge in [0.05, 0.1) is 0 Å². The van der Waals surface area contributed by atoms with Gasteiger partial charge in [-0.25, -0.2) is 0 Å². The highest BCUT2D eigenvalue weighted by molar-refractivity contribution is 9.10. The first-order chi connectivity index (χ1) is 8.79. The second-order valence-corrected chi connectivity index (χ2v) is 5.56. The molecule has 18 heavy (non-hydrogen) atoms. The molecule has 1 nitrogen and oxygen atoms in total. The van der Waals surface area contributed by atoms with Crippen LogP contribution in [0.4, 0.5) is 11.4 Å². The van der Waals surface area contributed by atoms with Gasteiger partial charge in [-0.2, -0.15) is 0 Å². The third kappa shape index (κ3) is 1.95. The van der Waals surface area contributed by atoms with Gasteiger partial charge in [-0.1, -0.05) is 34.1 Å². The highest BCUT2D eigenvalue weighted by atomic mass is 79.9. The third-order valence-electron chi connectivity index (χ3n) is 3.59. The highest BCUT2D eigenvalue weighted by Gasteiger charge is 2.18. The molecule has 1 heterocycles. The van der Waals surface area contributed by atoms with E-state index in [1.165, 1.54) is 27.0 Å². The first kappa shape index (κ1) is 11.8. The molecule has 0 atom stereocenters. The Bertz CT molecular complexity index is 577. The maximum absolute atomic E-state index is 3.57. The van der Waals surface area contributed by atoms with Crippen LogP contribution in [-0.2, 0) is 12.8 Å². The minimum atomic E-state index is 1.01. The van der Waals surface area contributed by atoms with Crippen LogP contribution in [0.15, 0.2) is 46.9 Å². The van der Waals surface area contributed by atoms with Crippen molar-refractivity contribution in [3.05, 3.63) is 58.1 Å². The van der Waals surface area contributed by atoms with Gasteiger partial charge in [0.15, 0.2) is 0 Å². The van der Waals surface area contributed by atoms with E-state index in [2.05, 4.69) is 70.2 Å². The Morgan fingerprint density at radius 3 is 2.56 bits per heavy atom. The first-order valence-corrected chi connectivity index (χ1v) is 7.23. The summed E-state index contributed by atoms with van der Waals surface area (Å²) in [4.78, 5) is 2.42. The molecule has 0 amide bonds. The van der Waals surface area contributed by atoms with Crippen molar-refractivity contribution in [2.75, 3.05) is 11.4 Å². The van der Waals surface area contributed by atoms with Crippen LogP contribution >= 0.6 is 15.9 Å². The van der Waals surface area contributed by atoms with E-state index in [4.69, 9.17) is 0 Å². The fourth-order valence-electron chi connectivity index (χ4n) is 2.74. The Hall–Kier alpha value is -1.28. The van der Waals surface area contributed by atoms with Gasteiger partial charge in [-0.3, -0.25) is 0 Å². The summed E-state index contributed by atoms with van der Waals surface area (Å²) in [5, 5.41) is 0. The van der Waals surface area contributed by atoms with E-state index in [-0.39, 0.29) is 0 Å². The molecule has 0 unspecified atom stereocenters. The number of para-hydroxylation sites is 1. The van der Waals surface area contributed by atoms with Crippen LogP contribution in [-0.4, -0.2) is 6.54 Å². The summed E-state index contributed by atoms with van der Waals surface area (Å²) in [6.45, 7) is 3.22. The maximum Gasteiger partial charge on any atom is 0.0444 e. The Morgan fingerprint density at radius 2 is 1.72 bits per heavy atom. The molecule has 0 saturated carbocycles. The zero-order valence-corrected chi connectivity index (χ0v) is 12.1.